The highest BCUT2D eigenvalue weighted by molar-refractivity contribution is 5.70. The summed E-state index contributed by atoms with van der Waals surface area (Å²) in [5, 5.41) is 0. The highest BCUT2D eigenvalue weighted by Gasteiger charge is 2.46. The summed E-state index contributed by atoms with van der Waals surface area (Å²) >= 11 is 0. The summed E-state index contributed by atoms with van der Waals surface area (Å²) in [6.45, 7) is 12.1. The lowest BCUT2D eigenvalue weighted by Crippen LogP contribution is -2.49. The Balaban J connectivity index is 1.78. The van der Waals surface area contributed by atoms with Crippen molar-refractivity contribution in [3.63, 3.8) is 0 Å². The van der Waals surface area contributed by atoms with E-state index < -0.39 is 11.3 Å². The molecule has 0 spiro atoms. The fourth-order valence-electron chi connectivity index (χ4n) is 3.51. The van der Waals surface area contributed by atoms with Gasteiger partial charge >= 0.3 is 6.09 Å². The van der Waals surface area contributed by atoms with Gasteiger partial charge in [0.2, 0.25) is 0 Å². The molecule has 26 heavy (non-hydrogen) atoms. The Labute approximate surface area is 157 Å². The standard InChI is InChI=1S/C22H31NO3/c1-16-7-9-17(10-8-16)22(13-14-22)12-11-18-15-25-21(5,6)23(18)19(24)26-20(2,3)4/h7-12,18H,13-15H2,1-6H3. The average Bonchev–Trinajstić information content (AvgIpc) is 3.23. The van der Waals surface area contributed by atoms with E-state index in [9.17, 15) is 4.79 Å². The lowest BCUT2D eigenvalue weighted by Gasteiger charge is -2.34. The van der Waals surface area contributed by atoms with Crippen molar-refractivity contribution in [1.29, 1.82) is 0 Å². The Morgan fingerprint density at radius 1 is 1.23 bits per heavy atom. The first-order valence-corrected chi connectivity index (χ1v) is 9.45. The predicted octanol–water partition coefficient (Wildman–Crippen LogP) is 4.95. The number of ether oxygens (including phenoxy) is 2. The Kier molecular flexibility index (Phi) is 4.68. The van der Waals surface area contributed by atoms with Crippen LogP contribution in [-0.4, -0.2) is 35.0 Å². The largest absolute Gasteiger partial charge is 0.444 e. The summed E-state index contributed by atoms with van der Waals surface area (Å²) in [7, 11) is 0. The zero-order valence-electron chi connectivity index (χ0n) is 16.8. The number of aryl methyl sites for hydroxylation is 1. The van der Waals surface area contributed by atoms with E-state index in [-0.39, 0.29) is 17.6 Å². The van der Waals surface area contributed by atoms with Crippen LogP contribution in [0.25, 0.3) is 0 Å². The van der Waals surface area contributed by atoms with Crippen molar-refractivity contribution in [3.8, 4) is 0 Å². The number of amides is 1. The van der Waals surface area contributed by atoms with Gasteiger partial charge in [-0.05, 0) is 59.9 Å². The summed E-state index contributed by atoms with van der Waals surface area (Å²) < 4.78 is 11.5. The molecule has 2 aliphatic rings. The number of carbonyl (C=O) groups excluding carboxylic acids is 1. The van der Waals surface area contributed by atoms with E-state index in [2.05, 4.69) is 43.3 Å². The van der Waals surface area contributed by atoms with Crippen molar-refractivity contribution < 1.29 is 14.3 Å². The number of nitrogens with zero attached hydrogens (tertiary/aromatic N) is 1. The fraction of sp³-hybridized carbons (Fsp3) is 0.591. The second-order valence-corrected chi connectivity index (χ2v) is 9.06. The molecule has 1 aliphatic carbocycles. The number of hydrogen-bond acceptors (Lipinski definition) is 3. The minimum Gasteiger partial charge on any atom is -0.444 e. The van der Waals surface area contributed by atoms with E-state index in [1.807, 2.05) is 34.6 Å². The van der Waals surface area contributed by atoms with Gasteiger partial charge in [-0.3, -0.25) is 4.90 Å². The van der Waals surface area contributed by atoms with E-state index in [4.69, 9.17) is 9.47 Å². The molecule has 142 valence electrons. The molecular weight excluding hydrogens is 326 g/mol. The third-order valence-electron chi connectivity index (χ3n) is 5.16. The third kappa shape index (κ3) is 3.96. The first-order chi connectivity index (χ1) is 12.0. The molecule has 1 heterocycles. The number of allylic oxidation sites excluding steroid dienone is 1. The van der Waals surface area contributed by atoms with E-state index in [1.165, 1.54) is 11.1 Å². The maximum Gasteiger partial charge on any atom is 0.413 e. The Morgan fingerprint density at radius 2 is 1.85 bits per heavy atom. The third-order valence-corrected chi connectivity index (χ3v) is 5.16. The van der Waals surface area contributed by atoms with Crippen molar-refractivity contribution in [3.05, 3.63) is 47.5 Å². The molecule has 1 aliphatic heterocycles. The van der Waals surface area contributed by atoms with Crippen LogP contribution in [0.5, 0.6) is 0 Å². The van der Waals surface area contributed by atoms with Crippen LogP contribution in [0.3, 0.4) is 0 Å². The van der Waals surface area contributed by atoms with Crippen LogP contribution in [-0.2, 0) is 14.9 Å². The molecule has 0 radical (unpaired) electrons. The van der Waals surface area contributed by atoms with Gasteiger partial charge in [-0.15, -0.1) is 0 Å². The molecule has 1 atom stereocenters. The van der Waals surface area contributed by atoms with Gasteiger partial charge in [0.1, 0.15) is 11.3 Å². The van der Waals surface area contributed by atoms with Gasteiger partial charge in [0.05, 0.1) is 12.6 Å². The maximum atomic E-state index is 12.7. The van der Waals surface area contributed by atoms with Crippen LogP contribution in [0.15, 0.2) is 36.4 Å². The van der Waals surface area contributed by atoms with Gasteiger partial charge in [-0.25, -0.2) is 4.79 Å². The molecule has 0 N–H and O–H groups in total. The Morgan fingerprint density at radius 3 is 2.38 bits per heavy atom. The molecule has 4 heteroatoms. The van der Waals surface area contributed by atoms with E-state index in [0.29, 0.717) is 6.61 Å². The molecular formula is C22H31NO3. The highest BCUT2D eigenvalue weighted by Crippen LogP contribution is 2.49. The molecule has 1 amide bonds. The maximum absolute atomic E-state index is 12.7. The molecule has 3 rings (SSSR count). The summed E-state index contributed by atoms with van der Waals surface area (Å²) in [6.07, 6.45) is 6.37. The Hall–Kier alpha value is -1.81. The van der Waals surface area contributed by atoms with Crippen LogP contribution < -0.4 is 0 Å². The average molecular weight is 357 g/mol. The van der Waals surface area contributed by atoms with Crippen molar-refractivity contribution in [2.75, 3.05) is 6.61 Å². The molecule has 4 nitrogen and oxygen atoms in total. The molecule has 1 aromatic carbocycles. The number of carbonyl (C=O) groups is 1. The van der Waals surface area contributed by atoms with E-state index in [1.54, 1.807) is 4.90 Å². The van der Waals surface area contributed by atoms with Gasteiger partial charge in [0, 0.05) is 5.41 Å². The molecule has 0 aromatic heterocycles. The summed E-state index contributed by atoms with van der Waals surface area (Å²) in [4.78, 5) is 14.4. The predicted molar refractivity (Wildman–Crippen MR) is 103 cm³/mol. The molecule has 1 saturated carbocycles. The minimum absolute atomic E-state index is 0.109. The Bertz CT molecular complexity index is 693. The zero-order valence-corrected chi connectivity index (χ0v) is 16.8. The molecule has 1 saturated heterocycles. The summed E-state index contributed by atoms with van der Waals surface area (Å²) in [5.41, 5.74) is 1.54. The monoisotopic (exact) mass is 357 g/mol. The first kappa shape index (κ1) is 19.0. The van der Waals surface area contributed by atoms with Crippen molar-refractivity contribution in [2.45, 2.75) is 77.2 Å². The van der Waals surface area contributed by atoms with Crippen LogP contribution in [0.2, 0.25) is 0 Å². The summed E-state index contributed by atoms with van der Waals surface area (Å²) in [5.74, 6) is 0. The minimum atomic E-state index is -0.669. The second kappa shape index (κ2) is 6.41. The fourth-order valence-corrected chi connectivity index (χ4v) is 3.51. The second-order valence-electron chi connectivity index (χ2n) is 9.06. The van der Waals surface area contributed by atoms with Crippen LogP contribution in [0, 0.1) is 6.92 Å². The zero-order chi connectivity index (χ0) is 19.2. The SMILES string of the molecule is Cc1ccc(C2(C=CC3COC(C)(C)N3C(=O)OC(C)(C)C)CC2)cc1. The van der Waals surface area contributed by atoms with Crippen molar-refractivity contribution in [1.82, 2.24) is 4.90 Å². The highest BCUT2D eigenvalue weighted by atomic mass is 16.6. The lowest BCUT2D eigenvalue weighted by molar-refractivity contribution is -0.0610. The number of rotatable bonds is 3. The van der Waals surface area contributed by atoms with Crippen LogP contribution in [0.4, 0.5) is 4.79 Å². The first-order valence-electron chi connectivity index (χ1n) is 9.45. The van der Waals surface area contributed by atoms with Crippen molar-refractivity contribution >= 4 is 6.09 Å². The van der Waals surface area contributed by atoms with Crippen LogP contribution >= 0.6 is 0 Å². The molecule has 1 unspecified atom stereocenters. The van der Waals surface area contributed by atoms with Crippen LogP contribution in [0.1, 0.15) is 58.6 Å². The van der Waals surface area contributed by atoms with Gasteiger partial charge < -0.3 is 9.47 Å². The van der Waals surface area contributed by atoms with Gasteiger partial charge in [-0.1, -0.05) is 42.0 Å². The van der Waals surface area contributed by atoms with E-state index in [0.717, 1.165) is 12.8 Å². The van der Waals surface area contributed by atoms with E-state index >= 15 is 0 Å². The number of benzene rings is 1. The smallest absolute Gasteiger partial charge is 0.413 e. The topological polar surface area (TPSA) is 38.8 Å². The van der Waals surface area contributed by atoms with Crippen molar-refractivity contribution in [2.24, 2.45) is 0 Å². The lowest BCUT2D eigenvalue weighted by atomic mass is 9.94. The van der Waals surface area contributed by atoms with Gasteiger partial charge in [0.25, 0.3) is 0 Å². The molecule has 2 fully saturated rings. The van der Waals surface area contributed by atoms with Gasteiger partial charge in [-0.2, -0.15) is 0 Å². The van der Waals surface area contributed by atoms with Gasteiger partial charge in [0.15, 0.2) is 0 Å². The molecule has 0 bridgehead atoms. The molecule has 1 aromatic rings. The quantitative estimate of drug-likeness (QED) is 0.718. The number of hydrogen-bond donors (Lipinski definition) is 0. The summed E-state index contributed by atoms with van der Waals surface area (Å²) in [6, 6.07) is 8.65. The normalized spacial score (nSPS) is 24.1.